The lowest BCUT2D eigenvalue weighted by Gasteiger charge is -2.38. The number of aryl methyl sites for hydroxylation is 1. The first-order chi connectivity index (χ1) is 21.3. The highest BCUT2D eigenvalue weighted by Crippen LogP contribution is 2.36. The van der Waals surface area contributed by atoms with Crippen molar-refractivity contribution in [3.63, 3.8) is 0 Å². The molecule has 0 saturated carbocycles. The van der Waals surface area contributed by atoms with Crippen LogP contribution in [0, 0.1) is 6.92 Å². The van der Waals surface area contributed by atoms with Gasteiger partial charge in [-0.05, 0) is 79.2 Å². The third kappa shape index (κ3) is 6.18. The minimum Gasteiger partial charge on any atom is -0.460 e. The van der Waals surface area contributed by atoms with Crippen molar-refractivity contribution in [2.45, 2.75) is 25.2 Å². The standard InChI is InChI=1S/C34H35N3O5S2/c1-3-41-34(38)32-23-27-22-28(13-14-31(27)42-32)44(39,40)37(16-15-26-9-5-4-6-10-26)30-12-8-7-11-29(30)35-17-19-36(20-18-35)33-21-25(2)24-43-33/h4-14,21-24H,3,15-20H2,1-2H3. The Morgan fingerprint density at radius 1 is 0.932 bits per heavy atom. The number of piperazine rings is 1. The molecular weight excluding hydrogens is 595 g/mol. The number of furan rings is 1. The SMILES string of the molecule is CCOC(=O)c1cc2cc(S(=O)(=O)N(CCc3ccccc3)c3ccccc3N3CCN(c4cc(C)cs4)CC3)ccc2o1. The van der Waals surface area contributed by atoms with E-state index in [1.54, 1.807) is 30.4 Å². The van der Waals surface area contributed by atoms with Crippen LogP contribution in [0.5, 0.6) is 0 Å². The quantitative estimate of drug-likeness (QED) is 0.158. The van der Waals surface area contributed by atoms with Gasteiger partial charge in [0.25, 0.3) is 10.0 Å². The van der Waals surface area contributed by atoms with Crippen LogP contribution in [0.3, 0.4) is 0 Å². The molecule has 0 radical (unpaired) electrons. The Morgan fingerprint density at radius 3 is 2.39 bits per heavy atom. The molecule has 6 rings (SSSR count). The van der Waals surface area contributed by atoms with E-state index in [0.717, 1.165) is 37.4 Å². The van der Waals surface area contributed by atoms with Crippen LogP contribution in [-0.4, -0.2) is 53.7 Å². The van der Waals surface area contributed by atoms with Crippen LogP contribution < -0.4 is 14.1 Å². The largest absolute Gasteiger partial charge is 0.460 e. The summed E-state index contributed by atoms with van der Waals surface area (Å²) in [5, 5.41) is 3.96. The summed E-state index contributed by atoms with van der Waals surface area (Å²) in [6.45, 7) is 7.56. The normalized spacial score (nSPS) is 13.8. The van der Waals surface area contributed by atoms with Crippen LogP contribution in [0.25, 0.3) is 11.0 Å². The van der Waals surface area contributed by atoms with Gasteiger partial charge in [0.15, 0.2) is 0 Å². The fraction of sp³-hybridized carbons (Fsp3) is 0.265. The number of sulfonamides is 1. The summed E-state index contributed by atoms with van der Waals surface area (Å²) < 4.78 is 41.2. The maximum absolute atomic E-state index is 14.5. The van der Waals surface area contributed by atoms with Gasteiger partial charge in [-0.3, -0.25) is 4.31 Å². The van der Waals surface area contributed by atoms with E-state index in [4.69, 9.17) is 9.15 Å². The van der Waals surface area contributed by atoms with Gasteiger partial charge in [0.05, 0.1) is 27.9 Å². The van der Waals surface area contributed by atoms with Crippen molar-refractivity contribution >= 4 is 54.7 Å². The van der Waals surface area contributed by atoms with Crippen molar-refractivity contribution in [2.75, 3.05) is 53.4 Å². The summed E-state index contributed by atoms with van der Waals surface area (Å²) in [7, 11) is -4.01. The van der Waals surface area contributed by atoms with Crippen LogP contribution in [0.1, 0.15) is 28.6 Å². The van der Waals surface area contributed by atoms with Gasteiger partial charge in [0.2, 0.25) is 5.76 Å². The number of hydrogen-bond acceptors (Lipinski definition) is 8. The molecule has 10 heteroatoms. The Morgan fingerprint density at radius 2 is 1.66 bits per heavy atom. The third-order valence-electron chi connectivity index (χ3n) is 7.80. The monoisotopic (exact) mass is 629 g/mol. The molecule has 1 aliphatic rings. The molecule has 1 aliphatic heterocycles. The van der Waals surface area contributed by atoms with Crippen molar-refractivity contribution in [2.24, 2.45) is 0 Å². The van der Waals surface area contributed by atoms with Gasteiger partial charge >= 0.3 is 5.97 Å². The van der Waals surface area contributed by atoms with E-state index < -0.39 is 16.0 Å². The number of ether oxygens (including phenoxy) is 1. The fourth-order valence-corrected chi connectivity index (χ4v) is 8.03. The molecule has 8 nitrogen and oxygen atoms in total. The lowest BCUT2D eigenvalue weighted by Crippen LogP contribution is -2.47. The van der Waals surface area contributed by atoms with Crippen LogP contribution in [0.2, 0.25) is 0 Å². The van der Waals surface area contributed by atoms with Crippen molar-refractivity contribution in [3.05, 3.63) is 107 Å². The van der Waals surface area contributed by atoms with Gasteiger partial charge < -0.3 is 19.0 Å². The smallest absolute Gasteiger partial charge is 0.374 e. The second kappa shape index (κ2) is 12.8. The van der Waals surface area contributed by atoms with Gasteiger partial charge in [-0.2, -0.15) is 0 Å². The molecule has 0 atom stereocenters. The zero-order valence-electron chi connectivity index (χ0n) is 24.8. The predicted octanol–water partition coefficient (Wildman–Crippen LogP) is 6.74. The Labute approximate surface area is 262 Å². The van der Waals surface area contributed by atoms with E-state index in [0.29, 0.717) is 23.1 Å². The molecule has 1 fully saturated rings. The number of anilines is 3. The third-order valence-corrected chi connectivity index (χ3v) is 10.7. The maximum Gasteiger partial charge on any atom is 0.374 e. The van der Waals surface area contributed by atoms with Crippen LogP contribution in [0.15, 0.2) is 99.6 Å². The average molecular weight is 630 g/mol. The molecule has 3 aromatic carbocycles. The van der Waals surface area contributed by atoms with E-state index in [9.17, 15) is 13.2 Å². The van der Waals surface area contributed by atoms with Crippen LogP contribution in [-0.2, 0) is 21.2 Å². The molecule has 2 aromatic heterocycles. The Balaban J connectivity index is 1.34. The Hall–Kier alpha value is -4.28. The molecule has 44 heavy (non-hydrogen) atoms. The number of rotatable bonds is 10. The zero-order valence-corrected chi connectivity index (χ0v) is 26.4. The second-order valence-electron chi connectivity index (χ2n) is 10.8. The number of carbonyl (C=O) groups excluding carboxylic acids is 1. The number of carbonyl (C=O) groups is 1. The summed E-state index contributed by atoms with van der Waals surface area (Å²) in [6, 6.07) is 26.1. The predicted molar refractivity (Wildman–Crippen MR) is 177 cm³/mol. The van der Waals surface area contributed by atoms with E-state index in [2.05, 4.69) is 28.2 Å². The summed E-state index contributed by atoms with van der Waals surface area (Å²) >= 11 is 1.76. The number of esters is 1. The number of fused-ring (bicyclic) bond motifs is 1. The zero-order chi connectivity index (χ0) is 30.7. The van der Waals surface area contributed by atoms with Crippen molar-refractivity contribution in [1.82, 2.24) is 0 Å². The first-order valence-corrected chi connectivity index (χ1v) is 17.1. The Kier molecular flexibility index (Phi) is 8.63. The summed E-state index contributed by atoms with van der Waals surface area (Å²) in [6.07, 6.45) is 0.543. The Bertz CT molecular complexity index is 1860. The summed E-state index contributed by atoms with van der Waals surface area (Å²) in [5.74, 6) is -0.541. The highest BCUT2D eigenvalue weighted by Gasteiger charge is 2.30. The molecule has 1 saturated heterocycles. The number of nitrogens with zero attached hydrogens (tertiary/aromatic N) is 3. The minimum absolute atomic E-state index is 0.0412. The van der Waals surface area contributed by atoms with Gasteiger partial charge in [-0.15, -0.1) is 11.3 Å². The highest BCUT2D eigenvalue weighted by atomic mass is 32.2. The first-order valence-electron chi connectivity index (χ1n) is 14.7. The molecule has 3 heterocycles. The molecule has 0 aliphatic carbocycles. The molecule has 0 N–H and O–H groups in total. The van der Waals surface area contributed by atoms with E-state index in [-0.39, 0.29) is 23.8 Å². The average Bonchev–Trinajstić information content (AvgIpc) is 3.68. The van der Waals surface area contributed by atoms with Gasteiger partial charge in [0.1, 0.15) is 5.58 Å². The highest BCUT2D eigenvalue weighted by molar-refractivity contribution is 7.92. The lowest BCUT2D eigenvalue weighted by molar-refractivity contribution is 0.0492. The van der Waals surface area contributed by atoms with Crippen molar-refractivity contribution in [1.29, 1.82) is 0 Å². The second-order valence-corrected chi connectivity index (χ2v) is 13.5. The molecule has 0 amide bonds. The summed E-state index contributed by atoms with van der Waals surface area (Å²) in [4.78, 5) is 17.1. The first kappa shape index (κ1) is 29.8. The minimum atomic E-state index is -4.01. The van der Waals surface area contributed by atoms with Crippen LogP contribution in [0.4, 0.5) is 16.4 Å². The van der Waals surface area contributed by atoms with E-state index >= 15 is 0 Å². The molecule has 228 valence electrons. The summed E-state index contributed by atoms with van der Waals surface area (Å²) in [5.41, 5.74) is 4.27. The van der Waals surface area contributed by atoms with Gasteiger partial charge in [-0.1, -0.05) is 42.5 Å². The van der Waals surface area contributed by atoms with Gasteiger partial charge in [-0.25, -0.2) is 13.2 Å². The molecule has 0 bridgehead atoms. The molecule has 0 unspecified atom stereocenters. The number of para-hydroxylation sites is 2. The van der Waals surface area contributed by atoms with E-state index in [1.165, 1.54) is 27.0 Å². The number of thiophene rings is 1. The van der Waals surface area contributed by atoms with Crippen molar-refractivity contribution < 1.29 is 22.4 Å². The molecule has 0 spiro atoms. The van der Waals surface area contributed by atoms with Crippen molar-refractivity contribution in [3.8, 4) is 0 Å². The topological polar surface area (TPSA) is 83.3 Å². The maximum atomic E-state index is 14.5. The van der Waals surface area contributed by atoms with Gasteiger partial charge in [0, 0.05) is 38.1 Å². The van der Waals surface area contributed by atoms with Crippen LogP contribution >= 0.6 is 11.3 Å². The van der Waals surface area contributed by atoms with E-state index in [1.807, 2.05) is 54.6 Å². The lowest BCUT2D eigenvalue weighted by atomic mass is 10.1. The number of hydrogen-bond donors (Lipinski definition) is 0. The number of benzene rings is 3. The molecule has 5 aromatic rings. The molecular formula is C34H35N3O5S2. The fourth-order valence-electron chi connectivity index (χ4n) is 5.55.